The fraction of sp³-hybridized carbons (Fsp3) is 0.583. The largest absolute Gasteiger partial charge is 0.396 e. The van der Waals surface area contributed by atoms with Crippen LogP contribution in [-0.4, -0.2) is 65.3 Å². The van der Waals surface area contributed by atoms with Crippen LogP contribution >= 0.6 is 0 Å². The molecule has 4 atom stereocenters. The molecule has 8 nitrogen and oxygen atoms in total. The quantitative estimate of drug-likeness (QED) is 0.477. The molecule has 9 heteroatoms. The monoisotopic (exact) mass is 476 g/mol. The van der Waals surface area contributed by atoms with Crippen LogP contribution in [0.5, 0.6) is 0 Å². The lowest BCUT2D eigenvalue weighted by atomic mass is 9.69. The molecular formula is C24H32N2O6S. The second-order valence-electron chi connectivity index (χ2n) is 10.0. The Labute approximate surface area is 194 Å². The second-order valence-corrected chi connectivity index (χ2v) is 12.7. The molecular weight excluding hydrogens is 444 g/mol. The van der Waals surface area contributed by atoms with Gasteiger partial charge < -0.3 is 10.2 Å². The number of sulfonamides is 1. The van der Waals surface area contributed by atoms with E-state index < -0.39 is 38.6 Å². The number of para-hydroxylation sites is 1. The van der Waals surface area contributed by atoms with Crippen LogP contribution in [0.4, 0.5) is 5.69 Å². The lowest BCUT2D eigenvalue weighted by Gasteiger charge is -2.33. The van der Waals surface area contributed by atoms with E-state index in [-0.39, 0.29) is 38.0 Å². The van der Waals surface area contributed by atoms with Crippen molar-refractivity contribution in [2.45, 2.75) is 50.8 Å². The first-order valence-corrected chi connectivity index (χ1v) is 12.9. The van der Waals surface area contributed by atoms with Crippen LogP contribution < -0.4 is 4.90 Å². The second kappa shape index (κ2) is 8.61. The van der Waals surface area contributed by atoms with Crippen LogP contribution in [-0.2, 0) is 19.6 Å². The van der Waals surface area contributed by atoms with Gasteiger partial charge in [-0.1, -0.05) is 23.8 Å². The van der Waals surface area contributed by atoms with Gasteiger partial charge in [-0.15, -0.1) is 0 Å². The lowest BCUT2D eigenvalue weighted by Crippen LogP contribution is -2.46. The van der Waals surface area contributed by atoms with Crippen molar-refractivity contribution in [3.8, 4) is 0 Å². The third-order valence-corrected chi connectivity index (χ3v) is 9.75. The number of rotatable bonds is 6. The number of hydrogen-bond acceptors (Lipinski definition) is 6. The maximum atomic E-state index is 13.6. The molecule has 1 aliphatic carbocycles. The molecule has 180 valence electrons. The van der Waals surface area contributed by atoms with Crippen LogP contribution in [0.15, 0.2) is 41.5 Å². The minimum atomic E-state index is -3.75. The van der Waals surface area contributed by atoms with Gasteiger partial charge in [0, 0.05) is 31.7 Å². The zero-order chi connectivity index (χ0) is 24.1. The van der Waals surface area contributed by atoms with Crippen LogP contribution in [0.2, 0.25) is 0 Å². The molecule has 1 aromatic carbocycles. The Hall–Kier alpha value is -2.07. The zero-order valence-corrected chi connectivity index (χ0v) is 20.1. The minimum absolute atomic E-state index is 0.0946. The standard InChI is InChI=1S/C24H32N2O6S/c1-24(2,3)33(31,32)25-14-18-20(19(25)10-12-28)15(9-11-27)13-17-21(18)23(30)26(22(17)29)16-7-5-4-6-8-16/h4-8,17-19,21,27-28H,9-14H2,1-3H3/t17-,18+,19+,21-/m0/s1. The highest BCUT2D eigenvalue weighted by atomic mass is 32.2. The normalized spacial score (nSPS) is 28.5. The van der Waals surface area contributed by atoms with Gasteiger partial charge in [0.25, 0.3) is 0 Å². The molecule has 3 aliphatic rings. The van der Waals surface area contributed by atoms with Gasteiger partial charge in [-0.2, -0.15) is 4.31 Å². The van der Waals surface area contributed by atoms with Gasteiger partial charge in [0.15, 0.2) is 0 Å². The summed E-state index contributed by atoms with van der Waals surface area (Å²) in [5.74, 6) is -2.28. The van der Waals surface area contributed by atoms with Crippen molar-refractivity contribution >= 4 is 27.5 Å². The molecule has 0 unspecified atom stereocenters. The first kappa shape index (κ1) is 24.1. The number of fused-ring (bicyclic) bond motifs is 3. The van der Waals surface area contributed by atoms with Crippen LogP contribution in [0, 0.1) is 17.8 Å². The zero-order valence-electron chi connectivity index (χ0n) is 19.3. The number of amides is 2. The Morgan fingerprint density at radius 1 is 1.00 bits per heavy atom. The van der Waals surface area contributed by atoms with Gasteiger partial charge in [0.05, 0.1) is 22.3 Å². The van der Waals surface area contributed by atoms with Crippen molar-refractivity contribution in [2.75, 3.05) is 24.7 Å². The number of aliphatic hydroxyl groups is 2. The number of anilines is 1. The SMILES string of the molecule is CC(C)(C)S(=O)(=O)N1C[C@@H]2C(=C(CCO)C[C@@H]3C(=O)N(c4ccccc4)C(=O)[C@@H]32)[C@H]1CCO. The number of nitrogens with zero attached hydrogens (tertiary/aromatic N) is 2. The van der Waals surface area contributed by atoms with E-state index in [1.807, 2.05) is 6.07 Å². The van der Waals surface area contributed by atoms with Crippen LogP contribution in [0.1, 0.15) is 40.0 Å². The van der Waals surface area contributed by atoms with E-state index in [9.17, 15) is 28.2 Å². The fourth-order valence-electron chi connectivity index (χ4n) is 5.68. The summed E-state index contributed by atoms with van der Waals surface area (Å²) in [7, 11) is -3.75. The summed E-state index contributed by atoms with van der Waals surface area (Å²) in [5, 5.41) is 19.5. The highest BCUT2D eigenvalue weighted by Gasteiger charge is 2.60. The van der Waals surface area contributed by atoms with E-state index in [1.54, 1.807) is 45.0 Å². The summed E-state index contributed by atoms with van der Waals surface area (Å²) < 4.78 is 27.3. The molecule has 2 heterocycles. The molecule has 1 aromatic rings. The summed E-state index contributed by atoms with van der Waals surface area (Å²) in [6.07, 6.45) is 0.835. The van der Waals surface area contributed by atoms with Gasteiger partial charge in [-0.25, -0.2) is 8.42 Å². The lowest BCUT2D eigenvalue weighted by molar-refractivity contribution is -0.122. The molecule has 2 N–H and O–H groups in total. The van der Waals surface area contributed by atoms with Gasteiger partial charge >= 0.3 is 0 Å². The molecule has 0 spiro atoms. The smallest absolute Gasteiger partial charge is 0.238 e. The Balaban J connectivity index is 1.82. The first-order valence-electron chi connectivity index (χ1n) is 11.4. The summed E-state index contributed by atoms with van der Waals surface area (Å²) in [4.78, 5) is 28.2. The predicted octanol–water partition coefficient (Wildman–Crippen LogP) is 1.69. The van der Waals surface area contributed by atoms with E-state index in [0.29, 0.717) is 18.5 Å². The Morgan fingerprint density at radius 2 is 1.67 bits per heavy atom. The third kappa shape index (κ3) is 3.75. The average Bonchev–Trinajstić information content (AvgIpc) is 3.25. The fourth-order valence-corrected chi connectivity index (χ4v) is 7.29. The number of carbonyl (C=O) groups is 2. The van der Waals surface area contributed by atoms with Crippen molar-refractivity contribution in [1.82, 2.24) is 4.31 Å². The molecule has 2 fully saturated rings. The summed E-state index contributed by atoms with van der Waals surface area (Å²) in [5.41, 5.74) is 2.16. The maximum Gasteiger partial charge on any atom is 0.238 e. The molecule has 0 saturated carbocycles. The first-order chi connectivity index (χ1) is 15.5. The Kier molecular flexibility index (Phi) is 6.28. The Bertz CT molecular complexity index is 1080. The minimum Gasteiger partial charge on any atom is -0.396 e. The number of carbonyl (C=O) groups excluding carboxylic acids is 2. The van der Waals surface area contributed by atoms with Crippen LogP contribution in [0.25, 0.3) is 0 Å². The third-order valence-electron chi connectivity index (χ3n) is 7.18. The molecule has 33 heavy (non-hydrogen) atoms. The van der Waals surface area contributed by atoms with Gasteiger partial charge in [0.2, 0.25) is 21.8 Å². The van der Waals surface area contributed by atoms with Crippen molar-refractivity contribution in [1.29, 1.82) is 0 Å². The van der Waals surface area contributed by atoms with E-state index in [1.165, 1.54) is 9.21 Å². The molecule has 0 bridgehead atoms. The number of benzene rings is 1. The van der Waals surface area contributed by atoms with Gasteiger partial charge in [-0.05, 0) is 57.7 Å². The van der Waals surface area contributed by atoms with Gasteiger partial charge in [0.1, 0.15) is 0 Å². The van der Waals surface area contributed by atoms with E-state index in [2.05, 4.69) is 0 Å². The topological polar surface area (TPSA) is 115 Å². The van der Waals surface area contributed by atoms with Crippen molar-refractivity contribution in [2.24, 2.45) is 17.8 Å². The van der Waals surface area contributed by atoms with Gasteiger partial charge in [-0.3, -0.25) is 14.5 Å². The molecule has 0 aromatic heterocycles. The highest BCUT2D eigenvalue weighted by molar-refractivity contribution is 7.90. The molecule has 0 radical (unpaired) electrons. The van der Waals surface area contributed by atoms with Crippen molar-refractivity contribution in [3.63, 3.8) is 0 Å². The number of aliphatic hydroxyl groups excluding tert-OH is 2. The van der Waals surface area contributed by atoms with E-state index in [0.717, 1.165) is 11.1 Å². The van der Waals surface area contributed by atoms with Crippen molar-refractivity contribution < 1.29 is 28.2 Å². The maximum absolute atomic E-state index is 13.6. The summed E-state index contributed by atoms with van der Waals surface area (Å²) in [6.45, 7) is 4.65. The summed E-state index contributed by atoms with van der Waals surface area (Å²) in [6, 6.07) is 8.20. The average molecular weight is 477 g/mol. The predicted molar refractivity (Wildman–Crippen MR) is 124 cm³/mol. The van der Waals surface area contributed by atoms with E-state index in [4.69, 9.17) is 0 Å². The van der Waals surface area contributed by atoms with E-state index >= 15 is 0 Å². The molecule has 2 saturated heterocycles. The Morgan fingerprint density at radius 3 is 2.24 bits per heavy atom. The molecule has 2 aliphatic heterocycles. The number of hydrogen-bond donors (Lipinski definition) is 2. The van der Waals surface area contributed by atoms with Crippen molar-refractivity contribution in [3.05, 3.63) is 41.5 Å². The summed E-state index contributed by atoms with van der Waals surface area (Å²) >= 11 is 0. The number of imide groups is 1. The molecule has 4 rings (SSSR count). The molecule has 2 amide bonds. The van der Waals surface area contributed by atoms with Crippen LogP contribution in [0.3, 0.4) is 0 Å². The highest BCUT2D eigenvalue weighted by Crippen LogP contribution is 2.52.